The predicted octanol–water partition coefficient (Wildman–Crippen LogP) is 6.17. The molecule has 5 nitrogen and oxygen atoms in total. The predicted molar refractivity (Wildman–Crippen MR) is 135 cm³/mol. The van der Waals surface area contributed by atoms with Crippen LogP contribution in [0.1, 0.15) is 42.7 Å². The van der Waals surface area contributed by atoms with Crippen LogP contribution in [0.2, 0.25) is 0 Å². The van der Waals surface area contributed by atoms with E-state index < -0.39 is 0 Å². The van der Waals surface area contributed by atoms with E-state index in [2.05, 4.69) is 30.9 Å². The summed E-state index contributed by atoms with van der Waals surface area (Å²) in [4.78, 5) is 3.41. The Morgan fingerprint density at radius 2 is 1.65 bits per heavy atom. The Labute approximate surface area is 205 Å². The number of thioether (sulfide) groups is 1. The molecule has 0 bridgehead atoms. The van der Waals surface area contributed by atoms with Gasteiger partial charge in [0.1, 0.15) is 35.7 Å². The molecule has 0 amide bonds. The van der Waals surface area contributed by atoms with Crippen molar-refractivity contribution in [3.05, 3.63) is 77.9 Å². The van der Waals surface area contributed by atoms with Crippen molar-refractivity contribution in [2.45, 2.75) is 42.6 Å². The fourth-order valence-electron chi connectivity index (χ4n) is 4.76. The minimum absolute atomic E-state index is 0.0275. The lowest BCUT2D eigenvalue weighted by Crippen LogP contribution is -2.33. The van der Waals surface area contributed by atoms with Crippen LogP contribution in [0.4, 0.5) is 0 Å². The Hall–Kier alpha value is -2.83. The van der Waals surface area contributed by atoms with E-state index in [-0.39, 0.29) is 22.9 Å². The highest BCUT2D eigenvalue weighted by atomic mass is 32.2. The Balaban J connectivity index is 1.32. The van der Waals surface area contributed by atoms with Crippen LogP contribution >= 0.6 is 11.8 Å². The lowest BCUT2D eigenvalue weighted by atomic mass is 10.00. The van der Waals surface area contributed by atoms with Crippen LogP contribution in [0, 0.1) is 5.92 Å². The summed E-state index contributed by atoms with van der Waals surface area (Å²) in [7, 11) is 0. The number of phenolic OH excluding ortho intramolecular Hbond substituents is 2. The van der Waals surface area contributed by atoms with Gasteiger partial charge in [-0.1, -0.05) is 31.2 Å². The molecular formula is C28H31NO4S. The average Bonchev–Trinajstić information content (AvgIpc) is 3.16. The fraction of sp³-hybridized carbons (Fsp3) is 0.357. The lowest BCUT2D eigenvalue weighted by Gasteiger charge is -2.34. The van der Waals surface area contributed by atoms with E-state index in [1.807, 2.05) is 30.3 Å². The van der Waals surface area contributed by atoms with Gasteiger partial charge in [0.2, 0.25) is 0 Å². The van der Waals surface area contributed by atoms with Crippen LogP contribution in [0.5, 0.6) is 23.0 Å². The van der Waals surface area contributed by atoms with Gasteiger partial charge in [0.15, 0.2) is 0 Å². The molecule has 2 heterocycles. The number of fused-ring (bicyclic) bond motifs is 1. The third-order valence-electron chi connectivity index (χ3n) is 7.06. The molecule has 5 rings (SSSR count). The summed E-state index contributed by atoms with van der Waals surface area (Å²) in [6.45, 7) is 7.40. The molecule has 0 aliphatic carbocycles. The van der Waals surface area contributed by atoms with Crippen LogP contribution in [-0.4, -0.2) is 40.9 Å². The maximum atomic E-state index is 9.94. The highest BCUT2D eigenvalue weighted by Crippen LogP contribution is 2.54. The average molecular weight is 478 g/mol. The maximum absolute atomic E-state index is 9.94. The topological polar surface area (TPSA) is 62.2 Å². The van der Waals surface area contributed by atoms with E-state index in [1.165, 1.54) is 6.42 Å². The number of rotatable bonds is 6. The van der Waals surface area contributed by atoms with Crippen molar-refractivity contribution in [3.63, 3.8) is 0 Å². The van der Waals surface area contributed by atoms with Gasteiger partial charge in [-0.2, -0.15) is 0 Å². The molecule has 1 fully saturated rings. The second-order valence-electron chi connectivity index (χ2n) is 9.26. The first kappa shape index (κ1) is 22.9. The Bertz CT molecular complexity index is 1120. The van der Waals surface area contributed by atoms with Crippen LogP contribution in [-0.2, 0) is 0 Å². The minimum Gasteiger partial charge on any atom is -0.508 e. The molecule has 6 heteroatoms. The van der Waals surface area contributed by atoms with Crippen LogP contribution in [0.3, 0.4) is 0 Å². The first-order chi connectivity index (χ1) is 16.5. The first-order valence-corrected chi connectivity index (χ1v) is 12.8. The second kappa shape index (κ2) is 9.80. The van der Waals surface area contributed by atoms with Gasteiger partial charge in [-0.05, 0) is 79.4 Å². The van der Waals surface area contributed by atoms with Gasteiger partial charge in [-0.3, -0.25) is 4.90 Å². The van der Waals surface area contributed by atoms with Gasteiger partial charge in [0, 0.05) is 12.6 Å². The standard InChI is InChI=1S/C28H31NO4S/c1-18-13-14-29(19(18)2)15-16-32-24-10-5-20(6-11-24)27-28(21-3-7-22(30)8-4-21)34-26-17-23(31)9-12-25(26)33-27/h3-12,17-19,27-28,30-31H,13-16H2,1-2H3/t18-,19-,27+,28-/m1/s1. The van der Waals surface area contributed by atoms with Crippen molar-refractivity contribution < 1.29 is 19.7 Å². The minimum atomic E-state index is -0.215. The molecule has 2 aliphatic rings. The molecule has 0 radical (unpaired) electrons. The SMILES string of the molecule is C[C@@H]1CCN(CCOc2ccc([C@@H]3Oc4ccc(O)cc4S[C@@H]3c3ccc(O)cc3)cc2)[C@@H]1C. The molecule has 34 heavy (non-hydrogen) atoms. The number of ether oxygens (including phenoxy) is 2. The number of phenols is 2. The first-order valence-electron chi connectivity index (χ1n) is 11.9. The van der Waals surface area contributed by atoms with E-state index in [1.54, 1.807) is 36.0 Å². The molecule has 0 unspecified atom stereocenters. The fourth-order valence-corrected chi connectivity index (χ4v) is 6.08. The molecule has 2 N–H and O–H groups in total. The second-order valence-corrected chi connectivity index (χ2v) is 10.4. The van der Waals surface area contributed by atoms with Gasteiger partial charge in [-0.15, -0.1) is 11.8 Å². The number of hydrogen-bond donors (Lipinski definition) is 2. The van der Waals surface area contributed by atoms with Crippen molar-refractivity contribution >= 4 is 11.8 Å². The van der Waals surface area contributed by atoms with Crippen molar-refractivity contribution in [2.24, 2.45) is 5.92 Å². The maximum Gasteiger partial charge on any atom is 0.140 e. The number of aromatic hydroxyl groups is 2. The van der Waals surface area contributed by atoms with E-state index in [9.17, 15) is 10.2 Å². The molecule has 2 aliphatic heterocycles. The zero-order chi connectivity index (χ0) is 23.7. The summed E-state index contributed by atoms with van der Waals surface area (Å²) < 4.78 is 12.5. The smallest absolute Gasteiger partial charge is 0.140 e. The Kier molecular flexibility index (Phi) is 6.61. The third-order valence-corrected chi connectivity index (χ3v) is 8.41. The molecule has 4 atom stereocenters. The zero-order valence-electron chi connectivity index (χ0n) is 19.6. The summed E-state index contributed by atoms with van der Waals surface area (Å²) in [5.41, 5.74) is 2.11. The summed E-state index contributed by atoms with van der Waals surface area (Å²) in [6.07, 6.45) is 1.05. The summed E-state index contributed by atoms with van der Waals surface area (Å²) in [5, 5.41) is 19.7. The summed E-state index contributed by atoms with van der Waals surface area (Å²) in [5.74, 6) is 2.83. The van der Waals surface area contributed by atoms with E-state index >= 15 is 0 Å². The Morgan fingerprint density at radius 1 is 0.941 bits per heavy atom. The molecule has 3 aromatic rings. The number of benzene rings is 3. The molecule has 1 saturated heterocycles. The highest BCUT2D eigenvalue weighted by molar-refractivity contribution is 7.99. The van der Waals surface area contributed by atoms with Gasteiger partial charge in [0.25, 0.3) is 0 Å². The van der Waals surface area contributed by atoms with Crippen molar-refractivity contribution in [1.82, 2.24) is 4.90 Å². The number of hydrogen-bond acceptors (Lipinski definition) is 6. The van der Waals surface area contributed by atoms with E-state index in [0.29, 0.717) is 12.6 Å². The zero-order valence-corrected chi connectivity index (χ0v) is 20.4. The largest absolute Gasteiger partial charge is 0.508 e. The van der Waals surface area contributed by atoms with Crippen LogP contribution in [0.15, 0.2) is 71.6 Å². The molecule has 178 valence electrons. The van der Waals surface area contributed by atoms with Gasteiger partial charge < -0.3 is 19.7 Å². The van der Waals surface area contributed by atoms with Gasteiger partial charge >= 0.3 is 0 Å². The van der Waals surface area contributed by atoms with Crippen molar-refractivity contribution in [1.29, 1.82) is 0 Å². The molecule has 3 aromatic carbocycles. The van der Waals surface area contributed by atoms with Crippen LogP contribution in [0.25, 0.3) is 0 Å². The third kappa shape index (κ3) is 4.84. The monoisotopic (exact) mass is 477 g/mol. The number of likely N-dealkylation sites (tertiary alicyclic amines) is 1. The van der Waals surface area contributed by atoms with Gasteiger partial charge in [0.05, 0.1) is 10.1 Å². The summed E-state index contributed by atoms with van der Waals surface area (Å²) in [6, 6.07) is 21.2. The quantitative estimate of drug-likeness (QED) is 0.442. The van der Waals surface area contributed by atoms with Gasteiger partial charge in [-0.25, -0.2) is 0 Å². The van der Waals surface area contributed by atoms with E-state index in [0.717, 1.165) is 46.5 Å². The molecule has 0 spiro atoms. The normalized spacial score (nSPS) is 24.4. The highest BCUT2D eigenvalue weighted by Gasteiger charge is 2.34. The van der Waals surface area contributed by atoms with Crippen LogP contribution < -0.4 is 9.47 Å². The van der Waals surface area contributed by atoms with Crippen molar-refractivity contribution in [3.8, 4) is 23.0 Å². The summed E-state index contributed by atoms with van der Waals surface area (Å²) >= 11 is 1.66. The van der Waals surface area contributed by atoms with Crippen molar-refractivity contribution in [2.75, 3.05) is 19.7 Å². The lowest BCUT2D eigenvalue weighted by molar-refractivity contribution is 0.189. The molecule has 0 saturated carbocycles. The molecular weight excluding hydrogens is 446 g/mol. The van der Waals surface area contributed by atoms with E-state index in [4.69, 9.17) is 9.47 Å². The molecule has 0 aromatic heterocycles. The number of nitrogens with zero attached hydrogens (tertiary/aromatic N) is 1. The Morgan fingerprint density at radius 3 is 2.35 bits per heavy atom.